The Hall–Kier alpha value is -1.30. The molecule has 6 heteroatoms. The molecular formula is C21H40N4O2. The molecule has 0 unspecified atom stereocenters. The molecule has 1 heterocycles. The number of aliphatic imine (C=N–C) groups is 1. The van der Waals surface area contributed by atoms with E-state index in [1.165, 1.54) is 32.1 Å². The van der Waals surface area contributed by atoms with Gasteiger partial charge >= 0.3 is 5.97 Å². The minimum atomic E-state index is -0.0372. The van der Waals surface area contributed by atoms with Crippen LogP contribution in [0, 0.1) is 5.92 Å². The molecule has 2 fully saturated rings. The van der Waals surface area contributed by atoms with Gasteiger partial charge in [0.05, 0.1) is 12.5 Å². The second-order valence-corrected chi connectivity index (χ2v) is 7.88. The molecule has 0 amide bonds. The summed E-state index contributed by atoms with van der Waals surface area (Å²) in [5.41, 5.74) is 0. The zero-order valence-corrected chi connectivity index (χ0v) is 17.7. The van der Waals surface area contributed by atoms with Crippen molar-refractivity contribution in [3.05, 3.63) is 0 Å². The van der Waals surface area contributed by atoms with E-state index in [4.69, 9.17) is 9.73 Å². The van der Waals surface area contributed by atoms with Gasteiger partial charge in [0.1, 0.15) is 0 Å². The third-order valence-electron chi connectivity index (χ3n) is 5.88. The van der Waals surface area contributed by atoms with Crippen LogP contribution in [-0.2, 0) is 9.53 Å². The Kier molecular flexibility index (Phi) is 9.95. The van der Waals surface area contributed by atoms with E-state index in [-0.39, 0.29) is 11.9 Å². The van der Waals surface area contributed by atoms with Gasteiger partial charge in [0.15, 0.2) is 5.96 Å². The third kappa shape index (κ3) is 7.32. The van der Waals surface area contributed by atoms with Crippen LogP contribution in [0.1, 0.15) is 65.2 Å². The van der Waals surface area contributed by atoms with E-state index >= 15 is 0 Å². The molecule has 0 radical (unpaired) electrons. The summed E-state index contributed by atoms with van der Waals surface area (Å²) in [7, 11) is 2.27. The molecule has 0 aromatic carbocycles. The van der Waals surface area contributed by atoms with Crippen LogP contribution in [0.5, 0.6) is 0 Å². The average molecular weight is 381 g/mol. The minimum absolute atomic E-state index is 0.0372. The number of nitrogens with one attached hydrogen (secondary N) is 1. The Morgan fingerprint density at radius 3 is 2.48 bits per heavy atom. The molecule has 0 aromatic heterocycles. The summed E-state index contributed by atoms with van der Waals surface area (Å²) >= 11 is 0. The number of esters is 1. The van der Waals surface area contributed by atoms with Crippen LogP contribution in [0.4, 0.5) is 0 Å². The van der Waals surface area contributed by atoms with Crippen molar-refractivity contribution in [2.24, 2.45) is 10.9 Å². The Morgan fingerprint density at radius 1 is 1.15 bits per heavy atom. The second-order valence-electron chi connectivity index (χ2n) is 7.88. The number of piperidine rings is 1. The zero-order chi connectivity index (χ0) is 19.5. The van der Waals surface area contributed by atoms with E-state index in [1.807, 2.05) is 6.92 Å². The highest BCUT2D eigenvalue weighted by molar-refractivity contribution is 5.80. The number of likely N-dealkylation sites (tertiary alicyclic amines) is 1. The molecule has 156 valence electrons. The SMILES string of the molecule is CCNC(=NCCCN(C)C1CCCCC1)N1CCC(C(=O)OCC)CC1. The summed E-state index contributed by atoms with van der Waals surface area (Å²) in [6.45, 7) is 9.05. The van der Waals surface area contributed by atoms with Crippen molar-refractivity contribution in [3.8, 4) is 0 Å². The molecule has 1 aliphatic carbocycles. The topological polar surface area (TPSA) is 57.2 Å². The molecule has 2 rings (SSSR count). The van der Waals surface area contributed by atoms with Gasteiger partial charge in [-0.05, 0) is 59.5 Å². The fourth-order valence-corrected chi connectivity index (χ4v) is 4.22. The fraction of sp³-hybridized carbons (Fsp3) is 0.905. The van der Waals surface area contributed by atoms with E-state index in [0.29, 0.717) is 6.61 Å². The maximum absolute atomic E-state index is 11.9. The molecule has 0 bridgehead atoms. The number of carbonyl (C=O) groups is 1. The number of hydrogen-bond acceptors (Lipinski definition) is 4. The van der Waals surface area contributed by atoms with E-state index in [2.05, 4.69) is 29.1 Å². The molecule has 2 aliphatic rings. The Balaban J connectivity index is 1.74. The van der Waals surface area contributed by atoms with Gasteiger partial charge in [-0.2, -0.15) is 0 Å². The summed E-state index contributed by atoms with van der Waals surface area (Å²) < 4.78 is 5.17. The summed E-state index contributed by atoms with van der Waals surface area (Å²) in [6.07, 6.45) is 9.71. The van der Waals surface area contributed by atoms with Crippen molar-refractivity contribution < 1.29 is 9.53 Å². The minimum Gasteiger partial charge on any atom is -0.466 e. The van der Waals surface area contributed by atoms with Crippen molar-refractivity contribution in [2.75, 3.05) is 46.4 Å². The molecule has 6 nitrogen and oxygen atoms in total. The molecular weight excluding hydrogens is 340 g/mol. The van der Waals surface area contributed by atoms with Gasteiger partial charge < -0.3 is 19.9 Å². The quantitative estimate of drug-likeness (QED) is 0.304. The number of ether oxygens (including phenoxy) is 1. The number of carbonyl (C=O) groups excluding carboxylic acids is 1. The second kappa shape index (κ2) is 12.2. The first-order valence-electron chi connectivity index (χ1n) is 11.1. The smallest absolute Gasteiger partial charge is 0.309 e. The highest BCUT2D eigenvalue weighted by atomic mass is 16.5. The Labute approximate surface area is 165 Å². The number of guanidine groups is 1. The monoisotopic (exact) mass is 380 g/mol. The Bertz CT molecular complexity index is 455. The maximum atomic E-state index is 11.9. The van der Waals surface area contributed by atoms with Gasteiger partial charge in [0.25, 0.3) is 0 Å². The largest absolute Gasteiger partial charge is 0.466 e. The summed E-state index contributed by atoms with van der Waals surface area (Å²) in [4.78, 5) is 21.6. The van der Waals surface area contributed by atoms with Crippen LogP contribution in [0.25, 0.3) is 0 Å². The van der Waals surface area contributed by atoms with E-state index in [0.717, 1.165) is 64.0 Å². The van der Waals surface area contributed by atoms with Crippen molar-refractivity contribution in [1.82, 2.24) is 15.1 Å². The lowest BCUT2D eigenvalue weighted by molar-refractivity contribution is -0.149. The standard InChI is InChI=1S/C21H40N4O2/c1-4-22-21(25-16-12-18(13-17-25)20(26)27-5-2)23-14-9-15-24(3)19-10-7-6-8-11-19/h18-19H,4-17H2,1-3H3,(H,22,23). The molecule has 0 atom stereocenters. The van der Waals surface area contributed by atoms with Gasteiger partial charge in [-0.15, -0.1) is 0 Å². The van der Waals surface area contributed by atoms with Crippen LogP contribution < -0.4 is 5.32 Å². The summed E-state index contributed by atoms with van der Waals surface area (Å²) in [5, 5.41) is 3.42. The molecule has 1 N–H and O–H groups in total. The lowest BCUT2D eigenvalue weighted by Gasteiger charge is -2.33. The molecule has 1 saturated carbocycles. The van der Waals surface area contributed by atoms with Crippen molar-refractivity contribution >= 4 is 11.9 Å². The highest BCUT2D eigenvalue weighted by Gasteiger charge is 2.27. The zero-order valence-electron chi connectivity index (χ0n) is 17.7. The van der Waals surface area contributed by atoms with Crippen LogP contribution in [0.3, 0.4) is 0 Å². The van der Waals surface area contributed by atoms with Crippen LogP contribution in [0.2, 0.25) is 0 Å². The molecule has 0 aromatic rings. The van der Waals surface area contributed by atoms with Gasteiger partial charge in [-0.3, -0.25) is 9.79 Å². The van der Waals surface area contributed by atoms with E-state index in [9.17, 15) is 4.79 Å². The van der Waals surface area contributed by atoms with E-state index in [1.54, 1.807) is 0 Å². The van der Waals surface area contributed by atoms with Crippen LogP contribution in [-0.4, -0.2) is 74.1 Å². The summed E-state index contributed by atoms with van der Waals surface area (Å²) in [5.74, 6) is 1.01. The molecule has 1 aliphatic heterocycles. The van der Waals surface area contributed by atoms with Crippen LogP contribution in [0.15, 0.2) is 4.99 Å². The lowest BCUT2D eigenvalue weighted by Crippen LogP contribution is -2.46. The molecule has 27 heavy (non-hydrogen) atoms. The lowest BCUT2D eigenvalue weighted by atomic mass is 9.94. The molecule has 0 spiro atoms. The average Bonchev–Trinajstić information content (AvgIpc) is 2.71. The number of hydrogen-bond donors (Lipinski definition) is 1. The van der Waals surface area contributed by atoms with E-state index < -0.39 is 0 Å². The van der Waals surface area contributed by atoms with Gasteiger partial charge in [0.2, 0.25) is 0 Å². The van der Waals surface area contributed by atoms with Crippen LogP contribution >= 0.6 is 0 Å². The number of nitrogens with zero attached hydrogens (tertiary/aromatic N) is 3. The fourth-order valence-electron chi connectivity index (χ4n) is 4.22. The van der Waals surface area contributed by atoms with Gasteiger partial charge in [-0.1, -0.05) is 19.3 Å². The molecule has 1 saturated heterocycles. The predicted octanol–water partition coefficient (Wildman–Crippen LogP) is 2.88. The highest BCUT2D eigenvalue weighted by Crippen LogP contribution is 2.21. The third-order valence-corrected chi connectivity index (χ3v) is 5.88. The first-order chi connectivity index (χ1) is 13.2. The van der Waals surface area contributed by atoms with Gasteiger partial charge in [-0.25, -0.2) is 0 Å². The number of rotatable bonds is 8. The maximum Gasteiger partial charge on any atom is 0.309 e. The summed E-state index contributed by atoms with van der Waals surface area (Å²) in [6, 6.07) is 0.776. The first kappa shape index (κ1) is 22.0. The normalized spacial score (nSPS) is 20.1. The van der Waals surface area contributed by atoms with Crippen molar-refractivity contribution in [3.63, 3.8) is 0 Å². The predicted molar refractivity (Wildman–Crippen MR) is 111 cm³/mol. The Morgan fingerprint density at radius 2 is 1.85 bits per heavy atom. The van der Waals surface area contributed by atoms with Crippen molar-refractivity contribution in [2.45, 2.75) is 71.3 Å². The van der Waals surface area contributed by atoms with Gasteiger partial charge in [0, 0.05) is 32.2 Å². The van der Waals surface area contributed by atoms with Crippen molar-refractivity contribution in [1.29, 1.82) is 0 Å². The first-order valence-corrected chi connectivity index (χ1v) is 11.1.